The third-order valence-electron chi connectivity index (χ3n) is 3.13. The summed E-state index contributed by atoms with van der Waals surface area (Å²) in [6.07, 6.45) is 0. The molecule has 2 amide bonds. The van der Waals surface area contributed by atoms with Gasteiger partial charge in [-0.2, -0.15) is 0 Å². The van der Waals surface area contributed by atoms with Crippen LogP contribution in [0.4, 0.5) is 16.2 Å². The van der Waals surface area contributed by atoms with Gasteiger partial charge >= 0.3 is 6.03 Å². The lowest BCUT2D eigenvalue weighted by atomic mass is 10.2. The molecule has 0 radical (unpaired) electrons. The molecule has 2 rings (SSSR count). The third kappa shape index (κ3) is 3.51. The molecule has 0 unspecified atom stereocenters. The van der Waals surface area contributed by atoms with Gasteiger partial charge in [-0.25, -0.2) is 10.3 Å². The molecule has 6 nitrogen and oxygen atoms in total. The minimum atomic E-state index is -0.168. The van der Waals surface area contributed by atoms with Crippen molar-refractivity contribution in [3.63, 3.8) is 0 Å². The molecule has 104 valence electrons. The highest BCUT2D eigenvalue weighted by molar-refractivity contribution is 5.73. The van der Waals surface area contributed by atoms with Crippen molar-refractivity contribution < 1.29 is 9.63 Å². The number of anilines is 2. The van der Waals surface area contributed by atoms with Crippen LogP contribution in [0, 0.1) is 0 Å². The SMILES string of the molecule is CCONC(=O)N1CCN(c2ccc(N)cc2)CC1. The van der Waals surface area contributed by atoms with Crippen molar-refractivity contribution in [2.75, 3.05) is 43.4 Å². The molecule has 19 heavy (non-hydrogen) atoms. The Labute approximate surface area is 113 Å². The highest BCUT2D eigenvalue weighted by Gasteiger charge is 2.21. The number of hydrogen-bond acceptors (Lipinski definition) is 4. The van der Waals surface area contributed by atoms with E-state index >= 15 is 0 Å². The second kappa shape index (κ2) is 6.29. The number of carbonyl (C=O) groups is 1. The molecule has 1 aliphatic rings. The van der Waals surface area contributed by atoms with Crippen molar-refractivity contribution in [2.45, 2.75) is 6.92 Å². The zero-order chi connectivity index (χ0) is 13.7. The quantitative estimate of drug-likeness (QED) is 0.632. The summed E-state index contributed by atoms with van der Waals surface area (Å²) in [5, 5.41) is 0. The van der Waals surface area contributed by atoms with Gasteiger partial charge < -0.3 is 15.5 Å². The fourth-order valence-electron chi connectivity index (χ4n) is 2.05. The number of urea groups is 1. The molecule has 1 aromatic carbocycles. The van der Waals surface area contributed by atoms with Gasteiger partial charge in [-0.1, -0.05) is 0 Å². The van der Waals surface area contributed by atoms with Gasteiger partial charge in [-0.3, -0.25) is 4.84 Å². The van der Waals surface area contributed by atoms with E-state index in [1.54, 1.807) is 4.90 Å². The summed E-state index contributed by atoms with van der Waals surface area (Å²) in [7, 11) is 0. The maximum atomic E-state index is 11.7. The summed E-state index contributed by atoms with van der Waals surface area (Å²) in [5.74, 6) is 0. The Kier molecular flexibility index (Phi) is 4.46. The predicted molar refractivity (Wildman–Crippen MR) is 74.8 cm³/mol. The number of rotatable bonds is 3. The Morgan fingerprint density at radius 1 is 1.26 bits per heavy atom. The Morgan fingerprint density at radius 3 is 2.47 bits per heavy atom. The lowest BCUT2D eigenvalue weighted by molar-refractivity contribution is 0.0550. The Bertz CT molecular complexity index is 413. The van der Waals surface area contributed by atoms with Crippen molar-refractivity contribution in [2.24, 2.45) is 0 Å². The number of carbonyl (C=O) groups excluding carboxylic acids is 1. The van der Waals surface area contributed by atoms with Gasteiger partial charge in [0.15, 0.2) is 0 Å². The number of hydroxylamine groups is 1. The van der Waals surface area contributed by atoms with E-state index in [0.29, 0.717) is 19.7 Å². The number of nitrogens with zero attached hydrogens (tertiary/aromatic N) is 2. The van der Waals surface area contributed by atoms with Crippen molar-refractivity contribution in [1.29, 1.82) is 0 Å². The molecule has 3 N–H and O–H groups in total. The Hall–Kier alpha value is -1.95. The van der Waals surface area contributed by atoms with Crippen LogP contribution in [0.25, 0.3) is 0 Å². The molecule has 0 aromatic heterocycles. The number of nitrogens with two attached hydrogens (primary N) is 1. The standard InChI is InChI=1S/C13H20N4O2/c1-2-19-15-13(18)17-9-7-16(8-10-17)12-5-3-11(14)4-6-12/h3-6H,2,7-10,14H2,1H3,(H,15,18). The van der Waals surface area contributed by atoms with E-state index in [-0.39, 0.29) is 6.03 Å². The molecule has 0 aliphatic carbocycles. The first-order valence-corrected chi connectivity index (χ1v) is 6.48. The van der Waals surface area contributed by atoms with Gasteiger partial charge in [0.25, 0.3) is 0 Å². The normalized spacial score (nSPS) is 15.4. The minimum absolute atomic E-state index is 0.168. The van der Waals surface area contributed by atoms with Gasteiger partial charge in [0.1, 0.15) is 0 Å². The summed E-state index contributed by atoms with van der Waals surface area (Å²) in [5.41, 5.74) is 9.99. The average Bonchev–Trinajstić information content (AvgIpc) is 2.46. The molecule has 0 atom stereocenters. The van der Waals surface area contributed by atoms with Crippen molar-refractivity contribution in [3.05, 3.63) is 24.3 Å². The lowest BCUT2D eigenvalue weighted by Crippen LogP contribution is -2.51. The van der Waals surface area contributed by atoms with Crippen LogP contribution in [0.2, 0.25) is 0 Å². The number of nitrogens with one attached hydrogen (secondary N) is 1. The Balaban J connectivity index is 1.85. The van der Waals surface area contributed by atoms with Crippen molar-refractivity contribution in [1.82, 2.24) is 10.4 Å². The molecule has 0 bridgehead atoms. The summed E-state index contributed by atoms with van der Waals surface area (Å²) >= 11 is 0. The van der Waals surface area contributed by atoms with Gasteiger partial charge in [-0.05, 0) is 31.2 Å². The molecule has 1 heterocycles. The van der Waals surface area contributed by atoms with Crippen LogP contribution in [-0.2, 0) is 4.84 Å². The second-order valence-corrected chi connectivity index (χ2v) is 4.41. The molecule has 0 spiro atoms. The Morgan fingerprint density at radius 2 is 1.89 bits per heavy atom. The first-order chi connectivity index (χ1) is 9.20. The molecular weight excluding hydrogens is 244 g/mol. The van der Waals surface area contributed by atoms with Crippen LogP contribution in [0.5, 0.6) is 0 Å². The molecule has 1 saturated heterocycles. The van der Waals surface area contributed by atoms with E-state index in [1.807, 2.05) is 31.2 Å². The lowest BCUT2D eigenvalue weighted by Gasteiger charge is -2.35. The topological polar surface area (TPSA) is 70.8 Å². The van der Waals surface area contributed by atoms with Crippen LogP contribution < -0.4 is 16.1 Å². The van der Waals surface area contributed by atoms with E-state index in [2.05, 4.69) is 10.4 Å². The molecule has 1 fully saturated rings. The molecule has 1 aliphatic heterocycles. The first kappa shape index (κ1) is 13.5. The van der Waals surface area contributed by atoms with Gasteiger partial charge in [0, 0.05) is 37.6 Å². The maximum Gasteiger partial charge on any atom is 0.341 e. The zero-order valence-corrected chi connectivity index (χ0v) is 11.1. The van der Waals surface area contributed by atoms with Gasteiger partial charge in [0.05, 0.1) is 6.61 Å². The van der Waals surface area contributed by atoms with Crippen molar-refractivity contribution in [3.8, 4) is 0 Å². The van der Waals surface area contributed by atoms with E-state index in [1.165, 1.54) is 0 Å². The number of hydrogen-bond donors (Lipinski definition) is 2. The summed E-state index contributed by atoms with van der Waals surface area (Å²) in [6.45, 7) is 5.29. The first-order valence-electron chi connectivity index (χ1n) is 6.48. The largest absolute Gasteiger partial charge is 0.399 e. The van der Waals surface area contributed by atoms with E-state index in [9.17, 15) is 4.79 Å². The third-order valence-corrected chi connectivity index (χ3v) is 3.13. The number of piperazine rings is 1. The number of nitrogen functional groups attached to an aromatic ring is 1. The summed E-state index contributed by atoms with van der Waals surface area (Å²) in [4.78, 5) is 20.6. The minimum Gasteiger partial charge on any atom is -0.399 e. The van der Waals surface area contributed by atoms with E-state index in [4.69, 9.17) is 10.6 Å². The predicted octanol–water partition coefficient (Wildman–Crippen LogP) is 1.05. The van der Waals surface area contributed by atoms with Crippen LogP contribution >= 0.6 is 0 Å². The van der Waals surface area contributed by atoms with E-state index in [0.717, 1.165) is 24.5 Å². The molecular formula is C13H20N4O2. The van der Waals surface area contributed by atoms with Crippen LogP contribution in [0.3, 0.4) is 0 Å². The maximum absolute atomic E-state index is 11.7. The molecule has 0 saturated carbocycles. The average molecular weight is 264 g/mol. The number of benzene rings is 1. The summed E-state index contributed by atoms with van der Waals surface area (Å²) in [6, 6.07) is 7.63. The smallest absolute Gasteiger partial charge is 0.341 e. The fourth-order valence-corrected chi connectivity index (χ4v) is 2.05. The van der Waals surface area contributed by atoms with Crippen LogP contribution in [0.1, 0.15) is 6.92 Å². The van der Waals surface area contributed by atoms with Crippen LogP contribution in [-0.4, -0.2) is 43.7 Å². The zero-order valence-electron chi connectivity index (χ0n) is 11.1. The fraction of sp³-hybridized carbons (Fsp3) is 0.462. The number of amides is 2. The molecule has 6 heteroatoms. The highest BCUT2D eigenvalue weighted by atomic mass is 16.7. The van der Waals surface area contributed by atoms with Gasteiger partial charge in [0.2, 0.25) is 0 Å². The van der Waals surface area contributed by atoms with Gasteiger partial charge in [-0.15, -0.1) is 0 Å². The highest BCUT2D eigenvalue weighted by Crippen LogP contribution is 2.17. The van der Waals surface area contributed by atoms with E-state index < -0.39 is 0 Å². The summed E-state index contributed by atoms with van der Waals surface area (Å²) < 4.78 is 0. The second-order valence-electron chi connectivity index (χ2n) is 4.41. The monoisotopic (exact) mass is 264 g/mol. The molecule has 1 aromatic rings. The van der Waals surface area contributed by atoms with Crippen LogP contribution in [0.15, 0.2) is 24.3 Å². The van der Waals surface area contributed by atoms with Crippen molar-refractivity contribution >= 4 is 17.4 Å².